The summed E-state index contributed by atoms with van der Waals surface area (Å²) in [5, 5.41) is 0. The van der Waals surface area contributed by atoms with Crippen molar-refractivity contribution in [3.63, 3.8) is 0 Å². The molecule has 0 aliphatic carbocycles. The molecule has 0 heterocycles. The van der Waals surface area contributed by atoms with Crippen molar-refractivity contribution < 1.29 is 13.2 Å². The van der Waals surface area contributed by atoms with Crippen molar-refractivity contribution >= 4 is 0 Å². The van der Waals surface area contributed by atoms with Crippen LogP contribution in [-0.4, -0.2) is 0 Å². The smallest absolute Gasteiger partial charge is 0.194 e. The largest absolute Gasteiger partial charge is 0.271 e. The third-order valence-electron chi connectivity index (χ3n) is 3.06. The van der Waals surface area contributed by atoms with E-state index in [4.69, 9.17) is 5.84 Å². The maximum absolute atomic E-state index is 13.7. The first kappa shape index (κ1) is 16.0. The first-order chi connectivity index (χ1) is 8.76. The molecule has 1 aromatic carbocycles. The third-order valence-corrected chi connectivity index (χ3v) is 3.06. The predicted molar refractivity (Wildman–Crippen MR) is 69.7 cm³/mol. The number of hydrazine groups is 1. The van der Waals surface area contributed by atoms with Crippen LogP contribution in [0.1, 0.15) is 51.6 Å². The van der Waals surface area contributed by atoms with E-state index >= 15 is 0 Å². The number of hydrogen-bond acceptors (Lipinski definition) is 2. The second-order valence-electron chi connectivity index (χ2n) is 5.94. The molecule has 1 atom stereocenters. The second kappa shape index (κ2) is 6.39. The van der Waals surface area contributed by atoms with Gasteiger partial charge in [-0.2, -0.15) is 0 Å². The first-order valence-electron chi connectivity index (χ1n) is 6.36. The molecule has 0 aliphatic heterocycles. The molecule has 0 fully saturated rings. The molecule has 1 rings (SSSR count). The Labute approximate surface area is 112 Å². The quantitative estimate of drug-likeness (QED) is 0.486. The lowest BCUT2D eigenvalue weighted by atomic mass is 9.88. The lowest BCUT2D eigenvalue weighted by molar-refractivity contribution is 0.340. The maximum Gasteiger partial charge on any atom is 0.194 e. The lowest BCUT2D eigenvalue weighted by Crippen LogP contribution is -2.29. The van der Waals surface area contributed by atoms with E-state index in [1.165, 1.54) is 6.07 Å². The Morgan fingerprint density at radius 2 is 1.79 bits per heavy atom. The van der Waals surface area contributed by atoms with E-state index in [2.05, 4.69) is 26.2 Å². The van der Waals surface area contributed by atoms with Crippen LogP contribution in [0.3, 0.4) is 0 Å². The van der Waals surface area contributed by atoms with Crippen LogP contribution in [0.25, 0.3) is 0 Å². The third kappa shape index (κ3) is 4.51. The van der Waals surface area contributed by atoms with E-state index in [1.807, 2.05) is 0 Å². The summed E-state index contributed by atoms with van der Waals surface area (Å²) in [6.45, 7) is 6.32. The second-order valence-corrected chi connectivity index (χ2v) is 5.94. The first-order valence-corrected chi connectivity index (χ1v) is 6.36. The van der Waals surface area contributed by atoms with E-state index < -0.39 is 23.5 Å². The zero-order chi connectivity index (χ0) is 14.6. The Kier molecular flexibility index (Phi) is 5.38. The van der Waals surface area contributed by atoms with Crippen LogP contribution in [-0.2, 0) is 0 Å². The van der Waals surface area contributed by atoms with Gasteiger partial charge in [-0.3, -0.25) is 11.3 Å². The molecular formula is C14H21F3N2. The van der Waals surface area contributed by atoms with Crippen molar-refractivity contribution in [2.75, 3.05) is 0 Å². The van der Waals surface area contributed by atoms with E-state index in [9.17, 15) is 13.2 Å². The normalized spacial score (nSPS) is 13.6. The molecule has 19 heavy (non-hydrogen) atoms. The molecule has 0 aromatic heterocycles. The summed E-state index contributed by atoms with van der Waals surface area (Å²) in [4.78, 5) is 0. The van der Waals surface area contributed by atoms with Crippen molar-refractivity contribution in [1.29, 1.82) is 0 Å². The highest BCUT2D eigenvalue weighted by molar-refractivity contribution is 5.23. The average molecular weight is 274 g/mol. The number of benzene rings is 1. The topological polar surface area (TPSA) is 38.0 Å². The average Bonchev–Trinajstić information content (AvgIpc) is 2.32. The van der Waals surface area contributed by atoms with Crippen LogP contribution in [0.5, 0.6) is 0 Å². The van der Waals surface area contributed by atoms with Crippen molar-refractivity contribution in [3.8, 4) is 0 Å². The predicted octanol–water partition coefficient (Wildman–Crippen LogP) is 3.82. The Hall–Kier alpha value is -1.07. The standard InChI is InChI=1S/C14H21F3N2/c1-14(2,3)8-4-5-11(19-18)9-6-7-10(15)13(17)12(9)16/h6-7,11,19H,4-5,8,18H2,1-3H3. The minimum Gasteiger partial charge on any atom is -0.271 e. The summed E-state index contributed by atoms with van der Waals surface area (Å²) >= 11 is 0. The van der Waals surface area contributed by atoms with Crippen LogP contribution >= 0.6 is 0 Å². The molecule has 0 spiro atoms. The summed E-state index contributed by atoms with van der Waals surface area (Å²) in [6, 6.07) is 1.63. The van der Waals surface area contributed by atoms with Gasteiger partial charge in [0.25, 0.3) is 0 Å². The van der Waals surface area contributed by atoms with Gasteiger partial charge in [0.05, 0.1) is 0 Å². The highest BCUT2D eigenvalue weighted by atomic mass is 19.2. The van der Waals surface area contributed by atoms with Gasteiger partial charge in [0, 0.05) is 11.6 Å². The molecule has 2 nitrogen and oxygen atoms in total. The number of nitrogens with two attached hydrogens (primary N) is 1. The van der Waals surface area contributed by atoms with E-state index in [1.54, 1.807) is 0 Å². The molecule has 5 heteroatoms. The van der Waals surface area contributed by atoms with Gasteiger partial charge in [0.1, 0.15) is 0 Å². The SMILES string of the molecule is CC(C)(C)CCCC(NN)c1ccc(F)c(F)c1F. The van der Waals surface area contributed by atoms with Crippen molar-refractivity contribution in [1.82, 2.24) is 5.43 Å². The summed E-state index contributed by atoms with van der Waals surface area (Å²) in [5.41, 5.74) is 2.70. The number of hydrogen-bond donors (Lipinski definition) is 2. The molecule has 0 aliphatic rings. The Morgan fingerprint density at radius 1 is 1.16 bits per heavy atom. The number of rotatable bonds is 5. The molecule has 1 unspecified atom stereocenters. The zero-order valence-electron chi connectivity index (χ0n) is 11.6. The van der Waals surface area contributed by atoms with Crippen molar-refractivity contribution in [3.05, 3.63) is 35.1 Å². The van der Waals surface area contributed by atoms with Crippen LogP contribution in [0.15, 0.2) is 12.1 Å². The van der Waals surface area contributed by atoms with Crippen LogP contribution in [0.2, 0.25) is 0 Å². The fourth-order valence-corrected chi connectivity index (χ4v) is 1.98. The van der Waals surface area contributed by atoms with E-state index in [0.717, 1.165) is 18.9 Å². The minimum absolute atomic E-state index is 0.0651. The van der Waals surface area contributed by atoms with Gasteiger partial charge in [-0.05, 0) is 24.3 Å². The van der Waals surface area contributed by atoms with E-state index in [0.29, 0.717) is 6.42 Å². The number of halogens is 3. The molecule has 1 aromatic rings. The lowest BCUT2D eigenvalue weighted by Gasteiger charge is -2.21. The highest BCUT2D eigenvalue weighted by Gasteiger charge is 2.20. The summed E-state index contributed by atoms with van der Waals surface area (Å²) in [5.74, 6) is 1.57. The molecule has 0 amide bonds. The summed E-state index contributed by atoms with van der Waals surface area (Å²) < 4.78 is 39.7. The molecule has 3 N–H and O–H groups in total. The van der Waals surface area contributed by atoms with Crippen LogP contribution < -0.4 is 11.3 Å². The Bertz CT molecular complexity index is 427. The Morgan fingerprint density at radius 3 is 2.32 bits per heavy atom. The molecule has 0 radical (unpaired) electrons. The van der Waals surface area contributed by atoms with Crippen LogP contribution in [0.4, 0.5) is 13.2 Å². The number of nitrogens with one attached hydrogen (secondary N) is 1. The van der Waals surface area contributed by atoms with Gasteiger partial charge in [0.2, 0.25) is 0 Å². The van der Waals surface area contributed by atoms with Gasteiger partial charge in [-0.1, -0.05) is 33.3 Å². The van der Waals surface area contributed by atoms with Gasteiger partial charge >= 0.3 is 0 Å². The maximum atomic E-state index is 13.7. The van der Waals surface area contributed by atoms with Crippen molar-refractivity contribution in [2.24, 2.45) is 11.3 Å². The summed E-state index contributed by atoms with van der Waals surface area (Å²) in [7, 11) is 0. The monoisotopic (exact) mass is 274 g/mol. The van der Waals surface area contributed by atoms with Crippen LogP contribution in [0, 0.1) is 22.9 Å². The summed E-state index contributed by atoms with van der Waals surface area (Å²) in [6.07, 6.45) is 2.32. The van der Waals surface area contributed by atoms with Gasteiger partial charge in [0.15, 0.2) is 17.5 Å². The molecule has 108 valence electrons. The van der Waals surface area contributed by atoms with Gasteiger partial charge in [-0.25, -0.2) is 13.2 Å². The van der Waals surface area contributed by atoms with Gasteiger partial charge < -0.3 is 0 Å². The molecule has 0 saturated heterocycles. The fraction of sp³-hybridized carbons (Fsp3) is 0.571. The molecule has 0 saturated carbocycles. The van der Waals surface area contributed by atoms with E-state index in [-0.39, 0.29) is 11.0 Å². The fourth-order valence-electron chi connectivity index (χ4n) is 1.98. The molecular weight excluding hydrogens is 253 g/mol. The van der Waals surface area contributed by atoms with Crippen molar-refractivity contribution in [2.45, 2.75) is 46.1 Å². The van der Waals surface area contributed by atoms with Gasteiger partial charge in [-0.15, -0.1) is 0 Å². The molecule has 0 bridgehead atoms. The minimum atomic E-state index is -1.45. The highest BCUT2D eigenvalue weighted by Crippen LogP contribution is 2.28. The Balaban J connectivity index is 2.78. The zero-order valence-corrected chi connectivity index (χ0v) is 11.6.